The Labute approximate surface area is 108 Å². The van der Waals surface area contributed by atoms with Crippen molar-refractivity contribution in [1.82, 2.24) is 5.32 Å². The zero-order valence-electron chi connectivity index (χ0n) is 8.59. The molecule has 0 aliphatic rings. The first kappa shape index (κ1) is 13.2. The van der Waals surface area contributed by atoms with Crippen molar-refractivity contribution in [3.8, 4) is 0 Å². The van der Waals surface area contributed by atoms with Gasteiger partial charge in [0.25, 0.3) is 0 Å². The van der Waals surface area contributed by atoms with E-state index in [4.69, 9.17) is 11.6 Å². The summed E-state index contributed by atoms with van der Waals surface area (Å²) < 4.78 is 0.803. The van der Waals surface area contributed by atoms with Gasteiger partial charge in [0.2, 0.25) is 5.91 Å². The Balaban J connectivity index is 2.49. The first-order chi connectivity index (χ1) is 7.63. The maximum absolute atomic E-state index is 11.4. The molecule has 0 aliphatic heterocycles. The normalized spacial score (nSPS) is 9.88. The molecule has 1 aromatic carbocycles. The summed E-state index contributed by atoms with van der Waals surface area (Å²) in [5, 5.41) is 6.20. The van der Waals surface area contributed by atoms with Gasteiger partial charge in [-0.25, -0.2) is 0 Å². The van der Waals surface area contributed by atoms with E-state index in [1.807, 2.05) is 0 Å². The molecule has 0 fully saturated rings. The van der Waals surface area contributed by atoms with Crippen molar-refractivity contribution < 1.29 is 4.79 Å². The monoisotopic (exact) mass is 302 g/mol. The fourth-order valence-electron chi connectivity index (χ4n) is 1.07. The number of amides is 1. The molecule has 0 spiro atoms. The van der Waals surface area contributed by atoms with E-state index in [2.05, 4.69) is 33.1 Å². The molecule has 0 atom stereocenters. The number of carbonyl (C=O) groups is 1. The molecule has 2 N–H and O–H groups in total. The molecule has 0 saturated carbocycles. The van der Waals surface area contributed by atoms with Crippen molar-refractivity contribution in [3.63, 3.8) is 0 Å². The highest BCUT2D eigenvalue weighted by molar-refractivity contribution is 9.10. The molecule has 0 aliphatic carbocycles. The summed E-state index contributed by atoms with van der Waals surface area (Å²) in [4.78, 5) is 11.4. The molecular formula is C11H12BrClN2O. The molecule has 5 heteroatoms. The zero-order chi connectivity index (χ0) is 12.0. The van der Waals surface area contributed by atoms with Gasteiger partial charge in [0.05, 0.1) is 11.6 Å². The van der Waals surface area contributed by atoms with Crippen LogP contribution >= 0.6 is 27.5 Å². The summed E-state index contributed by atoms with van der Waals surface area (Å²) in [6.45, 7) is 4.40. The van der Waals surface area contributed by atoms with Gasteiger partial charge in [-0.1, -0.05) is 17.7 Å². The summed E-state index contributed by atoms with van der Waals surface area (Å²) in [6, 6.07) is 5.26. The van der Waals surface area contributed by atoms with E-state index in [-0.39, 0.29) is 12.5 Å². The summed E-state index contributed by atoms with van der Waals surface area (Å²) in [6.07, 6.45) is 1.70. The third kappa shape index (κ3) is 4.35. The summed E-state index contributed by atoms with van der Waals surface area (Å²) in [7, 11) is 0. The van der Waals surface area contributed by atoms with Crippen LogP contribution in [0.4, 0.5) is 5.69 Å². The Morgan fingerprint density at radius 2 is 2.31 bits per heavy atom. The summed E-state index contributed by atoms with van der Waals surface area (Å²) in [5.74, 6) is -0.111. The maximum Gasteiger partial charge on any atom is 0.238 e. The average Bonchev–Trinajstić information content (AvgIpc) is 2.24. The fraction of sp³-hybridized carbons (Fsp3) is 0.182. The second-order valence-corrected chi connectivity index (χ2v) is 4.36. The maximum atomic E-state index is 11.4. The zero-order valence-corrected chi connectivity index (χ0v) is 10.9. The van der Waals surface area contributed by atoms with E-state index >= 15 is 0 Å². The van der Waals surface area contributed by atoms with E-state index < -0.39 is 0 Å². The molecule has 0 heterocycles. The Bertz CT molecular complexity index is 396. The molecule has 0 saturated heterocycles. The predicted octanol–water partition coefficient (Wildman–Crippen LogP) is 2.82. The third-order valence-electron chi connectivity index (χ3n) is 1.78. The second kappa shape index (κ2) is 6.68. The molecule has 1 amide bonds. The Kier molecular flexibility index (Phi) is 5.52. The number of hydrogen-bond donors (Lipinski definition) is 2. The van der Waals surface area contributed by atoms with E-state index in [0.29, 0.717) is 17.3 Å². The highest BCUT2D eigenvalue weighted by Gasteiger charge is 2.03. The van der Waals surface area contributed by atoms with Gasteiger partial charge in [0.1, 0.15) is 0 Å². The van der Waals surface area contributed by atoms with Gasteiger partial charge in [-0.2, -0.15) is 0 Å². The van der Waals surface area contributed by atoms with Gasteiger partial charge in [0, 0.05) is 16.7 Å². The van der Waals surface area contributed by atoms with Crippen LogP contribution in [-0.2, 0) is 4.79 Å². The van der Waals surface area contributed by atoms with Crippen molar-refractivity contribution in [2.45, 2.75) is 0 Å². The van der Waals surface area contributed by atoms with E-state index in [9.17, 15) is 4.79 Å². The lowest BCUT2D eigenvalue weighted by molar-refractivity contribution is -0.115. The molecule has 0 unspecified atom stereocenters. The Morgan fingerprint density at radius 1 is 1.56 bits per heavy atom. The molecular weight excluding hydrogens is 291 g/mol. The van der Waals surface area contributed by atoms with Crippen LogP contribution in [0.2, 0.25) is 5.02 Å². The van der Waals surface area contributed by atoms with Gasteiger partial charge in [-0.05, 0) is 34.1 Å². The van der Waals surface area contributed by atoms with Crippen LogP contribution in [0, 0.1) is 0 Å². The standard InChI is InChI=1S/C11H12BrClN2O/c1-2-5-14-7-11(16)15-8-3-4-9(12)10(13)6-8/h2-4,6,14H,1,5,7H2,(H,15,16). The van der Waals surface area contributed by atoms with Crippen LogP contribution in [0.25, 0.3) is 0 Å². The van der Waals surface area contributed by atoms with Crippen LogP contribution in [0.5, 0.6) is 0 Å². The van der Waals surface area contributed by atoms with Crippen LogP contribution in [0.15, 0.2) is 35.3 Å². The Hall–Kier alpha value is -0.840. The van der Waals surface area contributed by atoms with Gasteiger partial charge in [-0.3, -0.25) is 4.79 Å². The molecule has 0 radical (unpaired) electrons. The summed E-state index contributed by atoms with van der Waals surface area (Å²) in [5.41, 5.74) is 0.679. The number of nitrogens with one attached hydrogen (secondary N) is 2. The van der Waals surface area contributed by atoms with Crippen molar-refractivity contribution in [2.75, 3.05) is 18.4 Å². The third-order valence-corrected chi connectivity index (χ3v) is 3.01. The summed E-state index contributed by atoms with van der Waals surface area (Å²) >= 11 is 9.18. The quantitative estimate of drug-likeness (QED) is 0.649. The van der Waals surface area contributed by atoms with E-state index in [1.165, 1.54) is 0 Å². The molecule has 16 heavy (non-hydrogen) atoms. The highest BCUT2D eigenvalue weighted by atomic mass is 79.9. The van der Waals surface area contributed by atoms with Gasteiger partial charge >= 0.3 is 0 Å². The minimum absolute atomic E-state index is 0.111. The SMILES string of the molecule is C=CCNCC(=O)Nc1ccc(Br)c(Cl)c1. The van der Waals surface area contributed by atoms with Crippen LogP contribution in [-0.4, -0.2) is 19.0 Å². The van der Waals surface area contributed by atoms with Gasteiger partial charge in [-0.15, -0.1) is 6.58 Å². The molecule has 86 valence electrons. The number of rotatable bonds is 5. The minimum atomic E-state index is -0.111. The Morgan fingerprint density at radius 3 is 2.94 bits per heavy atom. The minimum Gasteiger partial charge on any atom is -0.325 e. The topological polar surface area (TPSA) is 41.1 Å². The molecule has 0 aromatic heterocycles. The van der Waals surface area contributed by atoms with E-state index in [0.717, 1.165) is 4.47 Å². The molecule has 1 aromatic rings. The van der Waals surface area contributed by atoms with Crippen molar-refractivity contribution in [2.24, 2.45) is 0 Å². The predicted molar refractivity (Wildman–Crippen MR) is 70.8 cm³/mol. The van der Waals surface area contributed by atoms with Crippen LogP contribution < -0.4 is 10.6 Å². The fourth-order valence-corrected chi connectivity index (χ4v) is 1.49. The largest absolute Gasteiger partial charge is 0.325 e. The second-order valence-electron chi connectivity index (χ2n) is 3.10. The first-order valence-corrected chi connectivity index (χ1v) is 5.87. The number of hydrogen-bond acceptors (Lipinski definition) is 2. The average molecular weight is 304 g/mol. The number of benzene rings is 1. The van der Waals surface area contributed by atoms with E-state index in [1.54, 1.807) is 24.3 Å². The van der Waals surface area contributed by atoms with Crippen molar-refractivity contribution >= 4 is 39.1 Å². The lowest BCUT2D eigenvalue weighted by Gasteiger charge is -2.06. The number of halogens is 2. The lowest BCUT2D eigenvalue weighted by atomic mass is 10.3. The molecule has 3 nitrogen and oxygen atoms in total. The van der Waals surface area contributed by atoms with Crippen LogP contribution in [0.3, 0.4) is 0 Å². The van der Waals surface area contributed by atoms with Crippen molar-refractivity contribution in [1.29, 1.82) is 0 Å². The smallest absolute Gasteiger partial charge is 0.238 e. The molecule has 0 bridgehead atoms. The van der Waals surface area contributed by atoms with Gasteiger partial charge in [0.15, 0.2) is 0 Å². The number of anilines is 1. The number of carbonyl (C=O) groups excluding carboxylic acids is 1. The van der Waals surface area contributed by atoms with Crippen molar-refractivity contribution in [3.05, 3.63) is 40.3 Å². The highest BCUT2D eigenvalue weighted by Crippen LogP contribution is 2.25. The molecule has 1 rings (SSSR count). The van der Waals surface area contributed by atoms with Gasteiger partial charge < -0.3 is 10.6 Å². The van der Waals surface area contributed by atoms with Crippen LogP contribution in [0.1, 0.15) is 0 Å². The first-order valence-electron chi connectivity index (χ1n) is 4.70. The lowest BCUT2D eigenvalue weighted by Crippen LogP contribution is -2.28.